The van der Waals surface area contributed by atoms with Gasteiger partial charge in [-0.05, 0) is 31.7 Å². The average molecular weight is 213 g/mol. The molecule has 1 rings (SSSR count). The quantitative estimate of drug-likeness (QED) is 0.563. The van der Waals surface area contributed by atoms with E-state index in [0.717, 1.165) is 25.7 Å². The maximum Gasteiger partial charge on any atom is 0.0622 e. The Bertz CT molecular complexity index is 145. The molecule has 0 aromatic carbocycles. The molecule has 2 nitrogen and oxygen atoms in total. The van der Waals surface area contributed by atoms with E-state index in [1.807, 2.05) is 0 Å². The van der Waals surface area contributed by atoms with Crippen LogP contribution in [0.2, 0.25) is 0 Å². The van der Waals surface area contributed by atoms with Gasteiger partial charge in [-0.15, -0.1) is 0 Å². The second-order valence-corrected chi connectivity index (χ2v) is 4.64. The Labute approximate surface area is 94.8 Å². The molecule has 0 bridgehead atoms. The summed E-state index contributed by atoms with van der Waals surface area (Å²) in [6, 6.07) is 0.626. The molecular formula is C13H27NO. The zero-order valence-corrected chi connectivity index (χ0v) is 10.4. The van der Waals surface area contributed by atoms with Crippen LogP contribution in [0.5, 0.6) is 0 Å². The molecule has 15 heavy (non-hydrogen) atoms. The van der Waals surface area contributed by atoms with Crippen LogP contribution in [-0.4, -0.2) is 25.8 Å². The fourth-order valence-electron chi connectivity index (χ4n) is 1.96. The van der Waals surface area contributed by atoms with Crippen LogP contribution < -0.4 is 5.32 Å². The molecule has 0 saturated heterocycles. The van der Waals surface area contributed by atoms with E-state index in [9.17, 15) is 0 Å². The van der Waals surface area contributed by atoms with Gasteiger partial charge in [0.15, 0.2) is 0 Å². The van der Waals surface area contributed by atoms with Crippen molar-refractivity contribution in [2.45, 2.75) is 58.4 Å². The SMILES string of the molecule is CCCCCCOCC(NCC)C1CC1. The zero-order valence-electron chi connectivity index (χ0n) is 10.4. The van der Waals surface area contributed by atoms with Crippen molar-refractivity contribution in [3.8, 4) is 0 Å². The molecular weight excluding hydrogens is 186 g/mol. The number of rotatable bonds is 10. The fraction of sp³-hybridized carbons (Fsp3) is 1.00. The third kappa shape index (κ3) is 6.16. The lowest BCUT2D eigenvalue weighted by atomic mass is 10.2. The lowest BCUT2D eigenvalue weighted by Gasteiger charge is -2.17. The highest BCUT2D eigenvalue weighted by Gasteiger charge is 2.30. The first-order chi connectivity index (χ1) is 7.38. The van der Waals surface area contributed by atoms with E-state index in [1.54, 1.807) is 0 Å². The maximum absolute atomic E-state index is 5.73. The highest BCUT2D eigenvalue weighted by atomic mass is 16.5. The van der Waals surface area contributed by atoms with Crippen molar-refractivity contribution in [2.24, 2.45) is 5.92 Å². The number of likely N-dealkylation sites (N-methyl/N-ethyl adjacent to an activating group) is 1. The van der Waals surface area contributed by atoms with Crippen LogP contribution in [-0.2, 0) is 4.74 Å². The normalized spacial score (nSPS) is 18.0. The highest BCUT2D eigenvalue weighted by Crippen LogP contribution is 2.32. The van der Waals surface area contributed by atoms with Crippen molar-refractivity contribution in [1.29, 1.82) is 0 Å². The predicted molar refractivity (Wildman–Crippen MR) is 65.1 cm³/mol. The standard InChI is InChI=1S/C13H27NO/c1-3-5-6-7-10-15-11-13(14-4-2)12-8-9-12/h12-14H,3-11H2,1-2H3. The summed E-state index contributed by atoms with van der Waals surface area (Å²) in [6.45, 7) is 7.37. The minimum absolute atomic E-state index is 0.626. The Hall–Kier alpha value is -0.0800. The molecule has 0 aromatic rings. The third-order valence-corrected chi connectivity index (χ3v) is 3.10. The van der Waals surface area contributed by atoms with Gasteiger partial charge in [-0.3, -0.25) is 0 Å². The van der Waals surface area contributed by atoms with Crippen LogP contribution in [0.15, 0.2) is 0 Å². The first-order valence-electron chi connectivity index (χ1n) is 6.69. The molecule has 0 radical (unpaired) electrons. The number of hydrogen-bond acceptors (Lipinski definition) is 2. The molecule has 1 aliphatic carbocycles. The molecule has 1 saturated carbocycles. The molecule has 0 heterocycles. The summed E-state index contributed by atoms with van der Waals surface area (Å²) >= 11 is 0. The van der Waals surface area contributed by atoms with E-state index >= 15 is 0 Å². The Morgan fingerprint density at radius 2 is 2.00 bits per heavy atom. The van der Waals surface area contributed by atoms with Crippen LogP contribution >= 0.6 is 0 Å². The van der Waals surface area contributed by atoms with Crippen LogP contribution in [0.1, 0.15) is 52.4 Å². The summed E-state index contributed by atoms with van der Waals surface area (Å²) in [4.78, 5) is 0. The number of ether oxygens (including phenoxy) is 1. The molecule has 1 N–H and O–H groups in total. The number of unbranched alkanes of at least 4 members (excludes halogenated alkanes) is 3. The molecule has 1 aliphatic rings. The van der Waals surface area contributed by atoms with Crippen molar-refractivity contribution < 1.29 is 4.74 Å². The molecule has 0 aliphatic heterocycles. The van der Waals surface area contributed by atoms with Crippen molar-refractivity contribution >= 4 is 0 Å². The van der Waals surface area contributed by atoms with E-state index < -0.39 is 0 Å². The first kappa shape index (κ1) is 13.0. The Morgan fingerprint density at radius 3 is 2.60 bits per heavy atom. The minimum Gasteiger partial charge on any atom is -0.380 e. The highest BCUT2D eigenvalue weighted by molar-refractivity contribution is 4.85. The largest absolute Gasteiger partial charge is 0.380 e. The van der Waals surface area contributed by atoms with E-state index in [-0.39, 0.29) is 0 Å². The summed E-state index contributed by atoms with van der Waals surface area (Å²) < 4.78 is 5.73. The molecule has 1 unspecified atom stereocenters. The van der Waals surface area contributed by atoms with E-state index in [0.29, 0.717) is 6.04 Å². The Morgan fingerprint density at radius 1 is 1.20 bits per heavy atom. The molecule has 0 amide bonds. The van der Waals surface area contributed by atoms with Crippen molar-refractivity contribution in [3.63, 3.8) is 0 Å². The number of hydrogen-bond donors (Lipinski definition) is 1. The van der Waals surface area contributed by atoms with Gasteiger partial charge in [0.05, 0.1) is 6.61 Å². The fourth-order valence-corrected chi connectivity index (χ4v) is 1.96. The summed E-state index contributed by atoms with van der Waals surface area (Å²) in [6.07, 6.45) is 8.02. The van der Waals surface area contributed by atoms with Crippen LogP contribution in [0.4, 0.5) is 0 Å². The van der Waals surface area contributed by atoms with Gasteiger partial charge in [0.1, 0.15) is 0 Å². The molecule has 1 fully saturated rings. The second-order valence-electron chi connectivity index (χ2n) is 4.64. The van der Waals surface area contributed by atoms with Gasteiger partial charge in [0, 0.05) is 12.6 Å². The van der Waals surface area contributed by atoms with Crippen LogP contribution in [0.25, 0.3) is 0 Å². The topological polar surface area (TPSA) is 21.3 Å². The summed E-state index contributed by atoms with van der Waals surface area (Å²) in [7, 11) is 0. The molecule has 0 aromatic heterocycles. The van der Waals surface area contributed by atoms with Gasteiger partial charge in [0.2, 0.25) is 0 Å². The average Bonchev–Trinajstić information content (AvgIpc) is 3.05. The van der Waals surface area contributed by atoms with Gasteiger partial charge in [-0.25, -0.2) is 0 Å². The van der Waals surface area contributed by atoms with Gasteiger partial charge in [0.25, 0.3) is 0 Å². The van der Waals surface area contributed by atoms with E-state index in [2.05, 4.69) is 19.2 Å². The van der Waals surface area contributed by atoms with E-state index in [1.165, 1.54) is 38.5 Å². The van der Waals surface area contributed by atoms with Crippen molar-refractivity contribution in [3.05, 3.63) is 0 Å². The molecule has 90 valence electrons. The zero-order chi connectivity index (χ0) is 10.9. The van der Waals surface area contributed by atoms with Crippen LogP contribution in [0, 0.1) is 5.92 Å². The smallest absolute Gasteiger partial charge is 0.0622 e. The van der Waals surface area contributed by atoms with Crippen molar-refractivity contribution in [1.82, 2.24) is 5.32 Å². The van der Waals surface area contributed by atoms with Gasteiger partial charge in [-0.2, -0.15) is 0 Å². The summed E-state index contributed by atoms with van der Waals surface area (Å²) in [5.74, 6) is 0.903. The molecule has 2 heteroatoms. The molecule has 1 atom stereocenters. The third-order valence-electron chi connectivity index (χ3n) is 3.10. The summed E-state index contributed by atoms with van der Waals surface area (Å²) in [5.41, 5.74) is 0. The minimum atomic E-state index is 0.626. The molecule has 0 spiro atoms. The lowest BCUT2D eigenvalue weighted by molar-refractivity contribution is 0.102. The lowest BCUT2D eigenvalue weighted by Crippen LogP contribution is -2.35. The van der Waals surface area contributed by atoms with E-state index in [4.69, 9.17) is 4.74 Å². The number of nitrogens with one attached hydrogen (secondary N) is 1. The monoisotopic (exact) mass is 213 g/mol. The summed E-state index contributed by atoms with van der Waals surface area (Å²) in [5, 5.41) is 3.52. The second kappa shape index (κ2) is 8.12. The van der Waals surface area contributed by atoms with Crippen LogP contribution in [0.3, 0.4) is 0 Å². The Kier molecular flexibility index (Phi) is 7.03. The van der Waals surface area contributed by atoms with Gasteiger partial charge >= 0.3 is 0 Å². The first-order valence-corrected chi connectivity index (χ1v) is 6.69. The van der Waals surface area contributed by atoms with Gasteiger partial charge < -0.3 is 10.1 Å². The predicted octanol–water partition coefficient (Wildman–Crippen LogP) is 2.97. The van der Waals surface area contributed by atoms with Crippen molar-refractivity contribution in [2.75, 3.05) is 19.8 Å². The maximum atomic E-state index is 5.73. The Balaban J connectivity index is 1.92. The van der Waals surface area contributed by atoms with Gasteiger partial charge in [-0.1, -0.05) is 33.1 Å².